The Balaban J connectivity index is 4.68. The minimum Gasteiger partial charge on any atom is -0.462 e. The highest BCUT2D eigenvalue weighted by molar-refractivity contribution is 5.77. The topological polar surface area (TPSA) is 95.9 Å². The van der Waals surface area contributed by atoms with Crippen molar-refractivity contribution in [2.24, 2.45) is 0 Å². The number of nitrogens with one attached hydrogen (secondary N) is 1. The first kappa shape index (κ1) is 62.3. The molecule has 0 aliphatic rings. The highest BCUT2D eigenvalue weighted by Gasteiger charge is 2.24. The lowest BCUT2D eigenvalue weighted by molar-refractivity contribution is -0.150. The zero-order valence-electron chi connectivity index (χ0n) is 42.9. The maximum atomic E-state index is 13.2. The Kier molecular flexibility index (Phi) is 50.1. The molecule has 0 rings (SSSR count). The van der Waals surface area contributed by atoms with E-state index < -0.39 is 18.2 Å². The van der Waals surface area contributed by atoms with Crippen LogP contribution in [0.4, 0.5) is 0 Å². The first-order valence-electron chi connectivity index (χ1n) is 27.7. The molecular formula is C59H105NO5. The second-order valence-corrected chi connectivity index (χ2v) is 18.6. The summed E-state index contributed by atoms with van der Waals surface area (Å²) in [5, 5.41) is 23.8. The van der Waals surface area contributed by atoms with Crippen LogP contribution in [0.25, 0.3) is 0 Å². The fourth-order valence-corrected chi connectivity index (χ4v) is 8.16. The van der Waals surface area contributed by atoms with E-state index in [4.69, 9.17) is 4.74 Å². The number of aliphatic hydroxyl groups is 2. The second-order valence-electron chi connectivity index (χ2n) is 18.6. The molecule has 376 valence electrons. The van der Waals surface area contributed by atoms with Gasteiger partial charge in [0, 0.05) is 6.42 Å². The number of aliphatic hydroxyl groups excluding tert-OH is 2. The molecular weight excluding hydrogens is 803 g/mol. The van der Waals surface area contributed by atoms with Gasteiger partial charge in [0.1, 0.15) is 6.10 Å². The van der Waals surface area contributed by atoms with Crippen LogP contribution in [-0.4, -0.2) is 46.9 Å². The van der Waals surface area contributed by atoms with Gasteiger partial charge in [0.15, 0.2) is 0 Å². The molecule has 6 heteroatoms. The number of hydrogen-bond acceptors (Lipinski definition) is 5. The van der Waals surface area contributed by atoms with Gasteiger partial charge in [-0.15, -0.1) is 0 Å². The summed E-state index contributed by atoms with van der Waals surface area (Å²) < 4.78 is 5.91. The van der Waals surface area contributed by atoms with Crippen LogP contribution in [-0.2, 0) is 14.3 Å². The summed E-state index contributed by atoms with van der Waals surface area (Å²) in [6.07, 6.45) is 66.9. The molecule has 0 bridgehead atoms. The van der Waals surface area contributed by atoms with Crippen LogP contribution < -0.4 is 5.32 Å². The molecule has 0 aliphatic carbocycles. The summed E-state index contributed by atoms with van der Waals surface area (Å²) in [6.45, 7) is 6.37. The molecule has 3 N–H and O–H groups in total. The van der Waals surface area contributed by atoms with Crippen LogP contribution >= 0.6 is 0 Å². The fourth-order valence-electron chi connectivity index (χ4n) is 8.16. The molecule has 1 amide bonds. The summed E-state index contributed by atoms with van der Waals surface area (Å²) in [4.78, 5) is 26.2. The van der Waals surface area contributed by atoms with Gasteiger partial charge in [-0.3, -0.25) is 9.59 Å². The van der Waals surface area contributed by atoms with E-state index in [0.29, 0.717) is 19.3 Å². The zero-order valence-corrected chi connectivity index (χ0v) is 42.9. The molecule has 0 saturated carbocycles. The largest absolute Gasteiger partial charge is 0.462 e. The number of unbranched alkanes of at least 4 members (excludes halogenated alkanes) is 25. The highest BCUT2D eigenvalue weighted by Crippen LogP contribution is 2.18. The number of ether oxygens (including phenoxy) is 1. The van der Waals surface area contributed by atoms with E-state index >= 15 is 0 Å². The fraction of sp³-hybridized carbons (Fsp3) is 0.763. The van der Waals surface area contributed by atoms with E-state index in [0.717, 1.165) is 77.0 Å². The Bertz CT molecular complexity index is 1200. The molecule has 0 aliphatic heterocycles. The number of carbonyl (C=O) groups is 2. The molecule has 0 saturated heterocycles. The molecule has 3 unspecified atom stereocenters. The van der Waals surface area contributed by atoms with Crippen molar-refractivity contribution >= 4 is 11.9 Å². The van der Waals surface area contributed by atoms with E-state index in [9.17, 15) is 19.8 Å². The number of amides is 1. The monoisotopic (exact) mass is 908 g/mol. The van der Waals surface area contributed by atoms with Crippen LogP contribution in [0.3, 0.4) is 0 Å². The Hall–Kier alpha value is -2.70. The third-order valence-corrected chi connectivity index (χ3v) is 12.3. The quantitative estimate of drug-likeness (QED) is 0.0321. The van der Waals surface area contributed by atoms with Crippen molar-refractivity contribution in [2.45, 2.75) is 283 Å². The molecule has 0 heterocycles. The summed E-state index contributed by atoms with van der Waals surface area (Å²) in [5.74, 6) is -0.567. The summed E-state index contributed by atoms with van der Waals surface area (Å²) in [5.41, 5.74) is 0. The molecule has 0 aromatic rings. The van der Waals surface area contributed by atoms with Crippen molar-refractivity contribution in [1.82, 2.24) is 5.32 Å². The molecule has 0 radical (unpaired) electrons. The SMILES string of the molecule is CC/C=C\C/C=C\C/C=C\C/C=C\C/C=C\C/C=C\CCC(=O)OC(CCCCCCCCCCCCCCCCC)CC(=O)NC(CO)C(O)CCCCCCCCCCCCCC. The number of carbonyl (C=O) groups excluding carboxylic acids is 2. The molecule has 0 spiro atoms. The van der Waals surface area contributed by atoms with Crippen molar-refractivity contribution < 1.29 is 24.5 Å². The Morgan fingerprint density at radius 1 is 0.462 bits per heavy atom. The minimum atomic E-state index is -0.801. The third-order valence-electron chi connectivity index (χ3n) is 12.3. The first-order chi connectivity index (χ1) is 32.0. The third kappa shape index (κ3) is 47.6. The Labute approximate surface area is 402 Å². The summed E-state index contributed by atoms with van der Waals surface area (Å²) in [7, 11) is 0. The van der Waals surface area contributed by atoms with Crippen LogP contribution in [0.5, 0.6) is 0 Å². The lowest BCUT2D eigenvalue weighted by Gasteiger charge is -2.24. The Morgan fingerprint density at radius 3 is 1.17 bits per heavy atom. The molecule has 3 atom stereocenters. The number of rotatable bonds is 49. The van der Waals surface area contributed by atoms with Gasteiger partial charge in [0.25, 0.3) is 0 Å². The van der Waals surface area contributed by atoms with Gasteiger partial charge in [-0.25, -0.2) is 0 Å². The van der Waals surface area contributed by atoms with Crippen molar-refractivity contribution in [3.8, 4) is 0 Å². The van der Waals surface area contributed by atoms with E-state index in [1.165, 1.54) is 135 Å². The van der Waals surface area contributed by atoms with Crippen LogP contribution in [0, 0.1) is 0 Å². The first-order valence-corrected chi connectivity index (χ1v) is 27.7. The maximum Gasteiger partial charge on any atom is 0.306 e. The Morgan fingerprint density at radius 2 is 0.800 bits per heavy atom. The normalized spacial score (nSPS) is 13.7. The lowest BCUT2D eigenvalue weighted by atomic mass is 10.0. The maximum absolute atomic E-state index is 13.2. The number of hydrogen-bond donors (Lipinski definition) is 3. The van der Waals surface area contributed by atoms with Gasteiger partial charge in [0.2, 0.25) is 5.91 Å². The van der Waals surface area contributed by atoms with Crippen LogP contribution in [0.2, 0.25) is 0 Å². The van der Waals surface area contributed by atoms with Gasteiger partial charge in [0.05, 0.1) is 25.2 Å². The van der Waals surface area contributed by atoms with E-state index in [1.54, 1.807) is 0 Å². The van der Waals surface area contributed by atoms with E-state index in [-0.39, 0.29) is 31.3 Å². The van der Waals surface area contributed by atoms with Gasteiger partial charge < -0.3 is 20.3 Å². The zero-order chi connectivity index (χ0) is 47.4. The molecule has 0 aromatic heterocycles. The second kappa shape index (κ2) is 52.3. The van der Waals surface area contributed by atoms with E-state index in [1.807, 2.05) is 6.08 Å². The smallest absolute Gasteiger partial charge is 0.306 e. The van der Waals surface area contributed by atoms with Gasteiger partial charge in [-0.2, -0.15) is 0 Å². The average Bonchev–Trinajstić information content (AvgIpc) is 3.30. The standard InChI is InChI=1S/C59H105NO5/c1-4-7-10-13-16-19-22-25-27-28-29-30-32-34-37-40-43-46-49-52-59(64)65-55(50-47-44-41-38-35-33-31-26-23-20-17-14-11-8-5-2)53-58(63)60-56(54-61)57(62)51-48-45-42-39-36-24-21-18-15-12-9-6-3/h7,10,16,19,25,27,29-30,34,37,43,46,55-57,61-62H,4-6,8-9,11-15,17-18,20-24,26,28,31-33,35-36,38-42,44-45,47-54H2,1-3H3,(H,60,63)/b10-7-,19-16-,27-25-,30-29-,37-34-,46-43-. The minimum absolute atomic E-state index is 0.0477. The molecule has 65 heavy (non-hydrogen) atoms. The van der Waals surface area contributed by atoms with Crippen molar-refractivity contribution in [3.05, 3.63) is 72.9 Å². The highest BCUT2D eigenvalue weighted by atomic mass is 16.5. The van der Waals surface area contributed by atoms with Gasteiger partial charge >= 0.3 is 5.97 Å². The summed E-state index contributed by atoms with van der Waals surface area (Å²) >= 11 is 0. The van der Waals surface area contributed by atoms with Gasteiger partial charge in [-0.1, -0.05) is 261 Å². The van der Waals surface area contributed by atoms with Crippen molar-refractivity contribution in [1.29, 1.82) is 0 Å². The predicted octanol–water partition coefficient (Wildman–Crippen LogP) is 17.0. The van der Waals surface area contributed by atoms with Crippen LogP contribution in [0.1, 0.15) is 265 Å². The predicted molar refractivity (Wildman–Crippen MR) is 282 cm³/mol. The van der Waals surface area contributed by atoms with E-state index in [2.05, 4.69) is 92.9 Å². The lowest BCUT2D eigenvalue weighted by Crippen LogP contribution is -2.46. The van der Waals surface area contributed by atoms with Crippen molar-refractivity contribution in [3.63, 3.8) is 0 Å². The summed E-state index contributed by atoms with van der Waals surface area (Å²) in [6, 6.07) is -0.717. The molecule has 0 aromatic carbocycles. The van der Waals surface area contributed by atoms with Crippen LogP contribution in [0.15, 0.2) is 72.9 Å². The number of allylic oxidation sites excluding steroid dienone is 12. The number of esters is 1. The molecule has 6 nitrogen and oxygen atoms in total. The van der Waals surface area contributed by atoms with Gasteiger partial charge in [-0.05, 0) is 64.2 Å². The molecule has 0 fully saturated rings. The average molecular weight is 908 g/mol. The van der Waals surface area contributed by atoms with Crippen molar-refractivity contribution in [2.75, 3.05) is 6.61 Å².